The molecule has 0 fully saturated rings. The van der Waals surface area contributed by atoms with Crippen LogP contribution in [0.2, 0.25) is 0 Å². The van der Waals surface area contributed by atoms with Crippen molar-refractivity contribution >= 4 is 27.7 Å². The predicted molar refractivity (Wildman–Crippen MR) is 115 cm³/mol. The van der Waals surface area contributed by atoms with Gasteiger partial charge in [-0.25, -0.2) is 12.7 Å². The molecule has 0 unspecified atom stereocenters. The van der Waals surface area contributed by atoms with Crippen molar-refractivity contribution in [1.82, 2.24) is 14.5 Å². The predicted octanol–water partition coefficient (Wildman–Crippen LogP) is 1.43. The summed E-state index contributed by atoms with van der Waals surface area (Å²) in [6, 6.07) is 14.6. The van der Waals surface area contributed by atoms with Gasteiger partial charge in [-0.15, -0.1) is 0 Å². The van der Waals surface area contributed by atoms with E-state index in [0.29, 0.717) is 17.1 Å². The molecule has 9 heteroatoms. The molecule has 0 bridgehead atoms. The van der Waals surface area contributed by atoms with Crippen molar-refractivity contribution in [2.24, 2.45) is 0 Å². The second-order valence-electron chi connectivity index (χ2n) is 7.17. The Morgan fingerprint density at radius 3 is 2.32 bits per heavy atom. The first-order valence-electron chi connectivity index (χ1n) is 10.0. The van der Waals surface area contributed by atoms with E-state index in [4.69, 9.17) is 0 Å². The number of fused-ring (bicyclic) bond motifs is 1. The van der Waals surface area contributed by atoms with Crippen LogP contribution in [0.1, 0.15) is 29.3 Å². The number of hydrogen-bond acceptors (Lipinski definition) is 5. The average Bonchev–Trinajstić information content (AvgIpc) is 2.97. The molecule has 1 heterocycles. The Balaban J connectivity index is 1.86. The van der Waals surface area contributed by atoms with Gasteiger partial charge in [0.05, 0.1) is 5.56 Å². The Morgan fingerprint density at radius 1 is 1.06 bits per heavy atom. The maximum absolute atomic E-state index is 13.2. The number of sulfonamides is 1. The number of nitrogens with zero attached hydrogens (tertiary/aromatic N) is 2. The van der Waals surface area contributed by atoms with Crippen LogP contribution in [-0.2, 0) is 26.0 Å². The quantitative estimate of drug-likeness (QED) is 0.665. The smallest absolute Gasteiger partial charge is 0.269 e. The average molecular weight is 444 g/mol. The van der Waals surface area contributed by atoms with Crippen LogP contribution in [0.5, 0.6) is 0 Å². The zero-order valence-electron chi connectivity index (χ0n) is 17.4. The summed E-state index contributed by atoms with van der Waals surface area (Å²) in [6.45, 7) is 1.33. The van der Waals surface area contributed by atoms with Gasteiger partial charge in [0.2, 0.25) is 11.8 Å². The zero-order chi connectivity index (χ0) is 22.6. The minimum atomic E-state index is -4.11. The van der Waals surface area contributed by atoms with Crippen LogP contribution in [0.25, 0.3) is 0 Å². The molecule has 0 saturated carbocycles. The van der Waals surface area contributed by atoms with Gasteiger partial charge in [0, 0.05) is 13.6 Å². The first-order valence-corrected chi connectivity index (χ1v) is 11.5. The van der Waals surface area contributed by atoms with E-state index in [-0.39, 0.29) is 22.9 Å². The molecule has 2 aromatic rings. The highest BCUT2D eigenvalue weighted by atomic mass is 32.2. The van der Waals surface area contributed by atoms with Crippen molar-refractivity contribution in [2.75, 3.05) is 20.1 Å². The number of benzene rings is 2. The fourth-order valence-corrected chi connectivity index (χ4v) is 5.18. The van der Waals surface area contributed by atoms with Gasteiger partial charge in [-0.3, -0.25) is 14.4 Å². The largest absolute Gasteiger partial charge is 0.357 e. The molecule has 0 aromatic heterocycles. The molecule has 0 spiro atoms. The van der Waals surface area contributed by atoms with E-state index in [0.717, 1.165) is 5.56 Å². The summed E-state index contributed by atoms with van der Waals surface area (Å²) < 4.78 is 26.2. The third kappa shape index (κ3) is 4.46. The van der Waals surface area contributed by atoms with Crippen molar-refractivity contribution in [1.29, 1.82) is 0 Å². The van der Waals surface area contributed by atoms with Crippen molar-refractivity contribution in [3.8, 4) is 0 Å². The number of hydrogen-bond donors (Lipinski definition) is 1. The first-order chi connectivity index (χ1) is 14.8. The van der Waals surface area contributed by atoms with Crippen molar-refractivity contribution in [3.63, 3.8) is 0 Å². The molecule has 3 amide bonds. The lowest BCUT2D eigenvalue weighted by Gasteiger charge is -2.31. The van der Waals surface area contributed by atoms with Crippen LogP contribution in [0.4, 0.5) is 0 Å². The second-order valence-corrected chi connectivity index (χ2v) is 9.00. The molecule has 2 aromatic carbocycles. The Labute approximate surface area is 181 Å². The van der Waals surface area contributed by atoms with Crippen LogP contribution >= 0.6 is 0 Å². The van der Waals surface area contributed by atoms with E-state index in [9.17, 15) is 22.8 Å². The lowest BCUT2D eigenvalue weighted by atomic mass is 10.1. The van der Waals surface area contributed by atoms with E-state index in [1.165, 1.54) is 30.1 Å². The summed E-state index contributed by atoms with van der Waals surface area (Å²) in [7, 11) is -2.63. The highest BCUT2D eigenvalue weighted by Gasteiger charge is 2.43. The summed E-state index contributed by atoms with van der Waals surface area (Å²) in [5, 5.41) is 2.55. The number of carbonyl (C=O) groups is 3. The van der Waals surface area contributed by atoms with Gasteiger partial charge in [0.1, 0.15) is 17.5 Å². The van der Waals surface area contributed by atoms with Gasteiger partial charge in [-0.05, 0) is 30.5 Å². The van der Waals surface area contributed by atoms with Gasteiger partial charge in [-0.1, -0.05) is 49.4 Å². The topological polar surface area (TPSA) is 104 Å². The second kappa shape index (κ2) is 9.30. The SMILES string of the molecule is CC[C@@H](C(=O)NC)N(CCc1ccccc1)C(=O)CN1C(=O)c2ccccc2S1(=O)=O. The fraction of sp³-hybridized carbons (Fsp3) is 0.318. The zero-order valence-corrected chi connectivity index (χ0v) is 18.3. The Morgan fingerprint density at radius 2 is 1.71 bits per heavy atom. The van der Waals surface area contributed by atoms with E-state index in [2.05, 4.69) is 5.32 Å². The molecule has 1 aliphatic heterocycles. The number of carbonyl (C=O) groups excluding carboxylic acids is 3. The summed E-state index contributed by atoms with van der Waals surface area (Å²) in [5.74, 6) is -1.68. The third-order valence-corrected chi connectivity index (χ3v) is 7.09. The number of nitrogens with one attached hydrogen (secondary N) is 1. The minimum Gasteiger partial charge on any atom is -0.357 e. The normalized spacial score (nSPS) is 15.3. The lowest BCUT2D eigenvalue weighted by Crippen LogP contribution is -2.52. The van der Waals surface area contributed by atoms with E-state index in [1.54, 1.807) is 13.0 Å². The van der Waals surface area contributed by atoms with Crippen LogP contribution in [0.15, 0.2) is 59.5 Å². The van der Waals surface area contributed by atoms with Crippen LogP contribution in [-0.4, -0.2) is 61.5 Å². The molecule has 0 aliphatic carbocycles. The Kier molecular flexibility index (Phi) is 6.74. The van der Waals surface area contributed by atoms with Gasteiger partial charge in [-0.2, -0.15) is 0 Å². The van der Waals surface area contributed by atoms with Crippen LogP contribution < -0.4 is 5.32 Å². The summed E-state index contributed by atoms with van der Waals surface area (Å²) >= 11 is 0. The summed E-state index contributed by atoms with van der Waals surface area (Å²) in [6.07, 6.45) is 0.835. The van der Waals surface area contributed by atoms with Gasteiger partial charge in [0.15, 0.2) is 0 Å². The molecule has 31 heavy (non-hydrogen) atoms. The first kappa shape index (κ1) is 22.5. The summed E-state index contributed by atoms with van der Waals surface area (Å²) in [4.78, 5) is 39.5. The van der Waals surface area contributed by atoms with Gasteiger partial charge < -0.3 is 10.2 Å². The molecule has 1 atom stereocenters. The number of rotatable bonds is 8. The minimum absolute atomic E-state index is 0.0458. The Bertz CT molecular complexity index is 1090. The third-order valence-electron chi connectivity index (χ3n) is 5.31. The monoisotopic (exact) mass is 443 g/mol. The number of amides is 3. The maximum atomic E-state index is 13.2. The molecule has 0 saturated heterocycles. The molecule has 164 valence electrons. The van der Waals surface area contributed by atoms with Crippen LogP contribution in [0.3, 0.4) is 0 Å². The highest BCUT2D eigenvalue weighted by Crippen LogP contribution is 2.29. The van der Waals surface area contributed by atoms with E-state index >= 15 is 0 Å². The standard InChI is InChI=1S/C22H25N3O5S/c1-3-18(21(27)23-2)24(14-13-16-9-5-4-6-10-16)20(26)15-25-22(28)17-11-7-8-12-19(17)31(25,29)30/h4-12,18H,3,13-15H2,1-2H3,(H,23,27)/t18-/m0/s1. The molecule has 1 N–H and O–H groups in total. The van der Waals surface area contributed by atoms with Crippen molar-refractivity contribution in [3.05, 3.63) is 65.7 Å². The van der Waals surface area contributed by atoms with Crippen molar-refractivity contribution in [2.45, 2.75) is 30.7 Å². The van der Waals surface area contributed by atoms with Crippen LogP contribution in [0, 0.1) is 0 Å². The Hall–Kier alpha value is -3.20. The van der Waals surface area contributed by atoms with Crippen molar-refractivity contribution < 1.29 is 22.8 Å². The maximum Gasteiger partial charge on any atom is 0.269 e. The highest BCUT2D eigenvalue weighted by molar-refractivity contribution is 7.90. The molecule has 3 rings (SSSR count). The number of likely N-dealkylation sites (N-methyl/N-ethyl adjacent to an activating group) is 1. The van der Waals surface area contributed by atoms with E-state index < -0.39 is 34.4 Å². The lowest BCUT2D eigenvalue weighted by molar-refractivity contribution is -0.140. The molecule has 0 radical (unpaired) electrons. The molecule has 8 nitrogen and oxygen atoms in total. The molecule has 1 aliphatic rings. The summed E-state index contributed by atoms with van der Waals surface area (Å²) in [5.41, 5.74) is 1.02. The fourth-order valence-electron chi connectivity index (χ4n) is 3.66. The van der Waals surface area contributed by atoms with Gasteiger partial charge >= 0.3 is 0 Å². The van der Waals surface area contributed by atoms with Gasteiger partial charge in [0.25, 0.3) is 15.9 Å². The molecular formula is C22H25N3O5S. The van der Waals surface area contributed by atoms with E-state index in [1.807, 2.05) is 30.3 Å². The molecular weight excluding hydrogens is 418 g/mol.